The minimum Gasteiger partial charge on any atom is -0.377 e. The molecular formula is C18H34N4O. The lowest BCUT2D eigenvalue weighted by atomic mass is 9.57. The van der Waals surface area contributed by atoms with Crippen LogP contribution in [0.25, 0.3) is 0 Å². The maximum absolute atomic E-state index is 5.90. The van der Waals surface area contributed by atoms with Crippen molar-refractivity contribution in [2.45, 2.75) is 65.1 Å². The molecule has 5 heteroatoms. The summed E-state index contributed by atoms with van der Waals surface area (Å²) in [7, 11) is 0. The molecule has 2 N–H and O–H groups in total. The number of likely N-dealkylation sites (N-methyl/N-ethyl adjacent to an activating group) is 1. The number of hydrogen-bond donors (Lipinski definition) is 2. The highest BCUT2D eigenvalue weighted by Gasteiger charge is 2.59. The first-order valence-electron chi connectivity index (χ1n) is 9.48. The Kier molecular flexibility index (Phi) is 5.16. The molecule has 3 fully saturated rings. The van der Waals surface area contributed by atoms with Crippen LogP contribution < -0.4 is 10.6 Å². The Balaban J connectivity index is 1.61. The number of guanidine groups is 1. The van der Waals surface area contributed by atoms with Crippen LogP contribution >= 0.6 is 0 Å². The van der Waals surface area contributed by atoms with Crippen molar-refractivity contribution in [3.8, 4) is 0 Å². The number of likely N-dealkylation sites (tertiary alicyclic amines) is 1. The molecule has 4 unspecified atom stereocenters. The van der Waals surface area contributed by atoms with Crippen molar-refractivity contribution >= 4 is 5.96 Å². The van der Waals surface area contributed by atoms with Gasteiger partial charge >= 0.3 is 0 Å². The van der Waals surface area contributed by atoms with Crippen molar-refractivity contribution < 1.29 is 4.74 Å². The van der Waals surface area contributed by atoms with Crippen LogP contribution in [0.5, 0.6) is 0 Å². The predicted octanol–water partition coefficient (Wildman–Crippen LogP) is 1.84. The monoisotopic (exact) mass is 322 g/mol. The van der Waals surface area contributed by atoms with Crippen molar-refractivity contribution in [3.63, 3.8) is 0 Å². The molecule has 0 bridgehead atoms. The van der Waals surface area contributed by atoms with Crippen molar-refractivity contribution in [2.24, 2.45) is 16.3 Å². The fourth-order valence-electron chi connectivity index (χ4n) is 4.80. The van der Waals surface area contributed by atoms with E-state index >= 15 is 0 Å². The van der Waals surface area contributed by atoms with Gasteiger partial charge in [-0.1, -0.05) is 20.8 Å². The molecule has 0 aromatic carbocycles. The Hall–Kier alpha value is -0.810. The molecule has 132 valence electrons. The molecule has 0 amide bonds. The molecular weight excluding hydrogens is 288 g/mol. The van der Waals surface area contributed by atoms with Crippen molar-refractivity contribution in [3.05, 3.63) is 0 Å². The second-order valence-corrected chi connectivity index (χ2v) is 7.83. The molecule has 3 rings (SSSR count). The van der Waals surface area contributed by atoms with E-state index in [0.29, 0.717) is 24.1 Å². The van der Waals surface area contributed by atoms with Gasteiger partial charge in [-0.05, 0) is 39.3 Å². The fourth-order valence-corrected chi connectivity index (χ4v) is 4.80. The van der Waals surface area contributed by atoms with Crippen LogP contribution in [0.3, 0.4) is 0 Å². The summed E-state index contributed by atoms with van der Waals surface area (Å²) in [5.41, 5.74) is 0.195. The van der Waals surface area contributed by atoms with E-state index in [1.165, 1.54) is 25.8 Å². The van der Waals surface area contributed by atoms with Crippen molar-refractivity contribution in [1.82, 2.24) is 15.5 Å². The topological polar surface area (TPSA) is 48.9 Å². The number of aliphatic imine (C=N–C) groups is 1. The van der Waals surface area contributed by atoms with Gasteiger partial charge in [0.25, 0.3) is 0 Å². The second-order valence-electron chi connectivity index (χ2n) is 7.83. The quantitative estimate of drug-likeness (QED) is 0.599. The number of nitrogens with zero attached hydrogens (tertiary/aromatic N) is 2. The van der Waals surface area contributed by atoms with Crippen LogP contribution in [0.15, 0.2) is 4.99 Å². The van der Waals surface area contributed by atoms with E-state index in [9.17, 15) is 0 Å². The van der Waals surface area contributed by atoms with E-state index in [1.54, 1.807) is 0 Å². The van der Waals surface area contributed by atoms with Crippen molar-refractivity contribution in [1.29, 1.82) is 0 Å². The maximum atomic E-state index is 5.90. The second kappa shape index (κ2) is 6.98. The van der Waals surface area contributed by atoms with E-state index < -0.39 is 0 Å². The van der Waals surface area contributed by atoms with Gasteiger partial charge in [0.15, 0.2) is 5.96 Å². The number of rotatable bonds is 5. The molecule has 1 saturated carbocycles. The van der Waals surface area contributed by atoms with Gasteiger partial charge in [0.05, 0.1) is 12.6 Å². The molecule has 3 aliphatic rings. The first-order valence-corrected chi connectivity index (χ1v) is 9.48. The standard InChI is InChI=1S/C18H34N4O/c1-5-19-17(20-12-13-8-7-10-22(13)6-2)21-15-14-9-11-23-16(14)18(15,3)4/h13-16H,5-12H2,1-4H3,(H2,19,20,21). The third-order valence-corrected chi connectivity index (χ3v) is 6.10. The zero-order chi connectivity index (χ0) is 16.4. The summed E-state index contributed by atoms with van der Waals surface area (Å²) in [6.07, 6.45) is 4.20. The highest BCUT2D eigenvalue weighted by Crippen LogP contribution is 2.52. The van der Waals surface area contributed by atoms with Crippen LogP contribution in [-0.4, -0.2) is 61.8 Å². The molecule has 0 aromatic rings. The normalized spacial score (nSPS) is 36.6. The Morgan fingerprint density at radius 3 is 2.87 bits per heavy atom. The predicted molar refractivity (Wildman–Crippen MR) is 94.8 cm³/mol. The SMILES string of the molecule is CCNC(=NCC1CCCN1CC)NC1C2CCOC2C1(C)C. The first-order chi connectivity index (χ1) is 11.1. The smallest absolute Gasteiger partial charge is 0.191 e. The molecule has 0 spiro atoms. The van der Waals surface area contributed by atoms with Crippen molar-refractivity contribution in [2.75, 3.05) is 32.8 Å². The Labute approximate surface area is 141 Å². The van der Waals surface area contributed by atoms with E-state index in [2.05, 4.69) is 43.2 Å². The molecule has 2 heterocycles. The lowest BCUT2D eigenvalue weighted by Gasteiger charge is -2.54. The highest BCUT2D eigenvalue weighted by atomic mass is 16.5. The molecule has 23 heavy (non-hydrogen) atoms. The lowest BCUT2D eigenvalue weighted by Crippen LogP contribution is -2.68. The third-order valence-electron chi connectivity index (χ3n) is 6.10. The number of nitrogens with one attached hydrogen (secondary N) is 2. The van der Waals surface area contributed by atoms with Crippen LogP contribution in [0, 0.1) is 11.3 Å². The molecule has 1 aliphatic carbocycles. The highest BCUT2D eigenvalue weighted by molar-refractivity contribution is 5.80. The summed E-state index contributed by atoms with van der Waals surface area (Å²) in [5.74, 6) is 1.63. The van der Waals surface area contributed by atoms with Crippen LogP contribution in [0.4, 0.5) is 0 Å². The zero-order valence-electron chi connectivity index (χ0n) is 15.3. The van der Waals surface area contributed by atoms with E-state index in [0.717, 1.165) is 32.2 Å². The fraction of sp³-hybridized carbons (Fsp3) is 0.944. The molecule has 5 nitrogen and oxygen atoms in total. The maximum Gasteiger partial charge on any atom is 0.191 e. The summed E-state index contributed by atoms with van der Waals surface area (Å²) in [6, 6.07) is 1.09. The third kappa shape index (κ3) is 3.22. The van der Waals surface area contributed by atoms with Gasteiger partial charge in [-0.2, -0.15) is 0 Å². The minimum absolute atomic E-state index is 0.195. The Morgan fingerprint density at radius 2 is 2.13 bits per heavy atom. The average Bonchev–Trinajstić information content (AvgIpc) is 3.17. The van der Waals surface area contributed by atoms with Gasteiger partial charge < -0.3 is 15.4 Å². The summed E-state index contributed by atoms with van der Waals surface area (Å²) in [6.45, 7) is 14.1. The zero-order valence-corrected chi connectivity index (χ0v) is 15.3. The first kappa shape index (κ1) is 17.0. The number of ether oxygens (including phenoxy) is 1. The number of hydrogen-bond acceptors (Lipinski definition) is 3. The molecule has 0 aromatic heterocycles. The van der Waals surface area contributed by atoms with E-state index in [-0.39, 0.29) is 5.41 Å². The van der Waals surface area contributed by atoms with Gasteiger partial charge in [0.2, 0.25) is 0 Å². The lowest BCUT2D eigenvalue weighted by molar-refractivity contribution is -0.106. The Bertz CT molecular complexity index is 437. The summed E-state index contributed by atoms with van der Waals surface area (Å²) in [4.78, 5) is 7.46. The van der Waals surface area contributed by atoms with Crippen LogP contribution in [0.1, 0.15) is 47.0 Å². The molecule has 4 atom stereocenters. The van der Waals surface area contributed by atoms with E-state index in [1.807, 2.05) is 0 Å². The Morgan fingerprint density at radius 1 is 1.30 bits per heavy atom. The summed E-state index contributed by atoms with van der Waals surface area (Å²) < 4.78 is 5.90. The summed E-state index contributed by atoms with van der Waals surface area (Å²) in [5, 5.41) is 7.15. The minimum atomic E-state index is 0.195. The molecule has 2 saturated heterocycles. The average molecular weight is 322 g/mol. The van der Waals surface area contributed by atoms with Crippen LogP contribution in [0.2, 0.25) is 0 Å². The molecule has 0 radical (unpaired) electrons. The van der Waals surface area contributed by atoms with Crippen LogP contribution in [-0.2, 0) is 4.74 Å². The van der Waals surface area contributed by atoms with Gasteiger partial charge in [-0.25, -0.2) is 0 Å². The van der Waals surface area contributed by atoms with E-state index in [4.69, 9.17) is 9.73 Å². The van der Waals surface area contributed by atoms with Gasteiger partial charge in [-0.3, -0.25) is 9.89 Å². The summed E-state index contributed by atoms with van der Waals surface area (Å²) >= 11 is 0. The van der Waals surface area contributed by atoms with Gasteiger partial charge in [0.1, 0.15) is 0 Å². The van der Waals surface area contributed by atoms with Gasteiger partial charge in [0, 0.05) is 36.6 Å². The molecule has 2 aliphatic heterocycles. The van der Waals surface area contributed by atoms with Gasteiger partial charge in [-0.15, -0.1) is 0 Å². The largest absolute Gasteiger partial charge is 0.377 e. The number of fused-ring (bicyclic) bond motifs is 1.